The van der Waals surface area contributed by atoms with Gasteiger partial charge in [0.25, 0.3) is 0 Å². The molecule has 0 bridgehead atoms. The Morgan fingerprint density at radius 2 is 1.26 bits per heavy atom. The van der Waals surface area contributed by atoms with Crippen LogP contribution in [0, 0.1) is 0 Å². The molecule has 0 amide bonds. The van der Waals surface area contributed by atoms with Gasteiger partial charge >= 0.3 is 0 Å². The number of allylic oxidation sites excluding steroid dienone is 2. The number of anilines is 4. The molecule has 3 heteroatoms. The summed E-state index contributed by atoms with van der Waals surface area (Å²) in [4.78, 5) is 5.20. The topological polar surface area (TPSA) is 11.4 Å². The predicted octanol–water partition coefficient (Wildman–Crippen LogP) is 17.2. The minimum atomic E-state index is -0.0805. The zero-order valence-corrected chi connectivity index (χ0v) is 43.3. The Hall–Kier alpha value is -8.66. The van der Waals surface area contributed by atoms with Gasteiger partial charge in [-0.1, -0.05) is 178 Å². The molecule has 10 aromatic rings. The normalized spacial score (nSPS) is 17.5. The van der Waals surface area contributed by atoms with E-state index in [4.69, 9.17) is 0 Å². The van der Waals surface area contributed by atoms with E-state index in [1.54, 1.807) is 0 Å². The summed E-state index contributed by atoms with van der Waals surface area (Å²) < 4.78 is 2.62. The van der Waals surface area contributed by atoms with Gasteiger partial charge in [0.1, 0.15) is 0 Å². The van der Waals surface area contributed by atoms with E-state index in [2.05, 4.69) is 265 Å². The van der Waals surface area contributed by atoms with E-state index in [1.807, 2.05) is 0 Å². The molecule has 0 saturated carbocycles. The van der Waals surface area contributed by atoms with E-state index < -0.39 is 0 Å². The van der Waals surface area contributed by atoms with Crippen LogP contribution in [0.15, 0.2) is 224 Å². The molecule has 3 nitrogen and oxygen atoms in total. The summed E-state index contributed by atoms with van der Waals surface area (Å²) in [6.07, 6.45) is 15.9. The van der Waals surface area contributed by atoms with Gasteiger partial charge in [-0.3, -0.25) is 0 Å². The molecule has 1 aromatic heterocycles. The molecular formula is C73H59N3. The molecule has 0 saturated heterocycles. The SMILES string of the molecule is CC1(C)c2ccccc2-c2c(-n3c4c(c5cc(-c6cc(C7=CCCC8c9ccccc9N(c9ccccc9)C78)cc(-c7ccccc7N(C7=c8ccccc8=CCC7)c7ccccc7)c6)ccc53)C=CCC4)cccc21. The molecule has 9 aromatic carbocycles. The van der Waals surface area contributed by atoms with Gasteiger partial charge in [-0.05, 0) is 167 Å². The van der Waals surface area contributed by atoms with Gasteiger partial charge in [0.05, 0.1) is 22.9 Å². The molecule has 2 unspecified atom stereocenters. The lowest BCUT2D eigenvalue weighted by atomic mass is 9.78. The van der Waals surface area contributed by atoms with Crippen LogP contribution >= 0.6 is 0 Å². The second-order valence-corrected chi connectivity index (χ2v) is 22.1. The van der Waals surface area contributed by atoms with Crippen LogP contribution < -0.4 is 20.2 Å². The van der Waals surface area contributed by atoms with Gasteiger partial charge in [-0.25, -0.2) is 0 Å². The average molecular weight is 978 g/mol. The Balaban J connectivity index is 0.956. The molecule has 1 aliphatic heterocycles. The average Bonchev–Trinajstić information content (AvgIpc) is 4.22. The van der Waals surface area contributed by atoms with Crippen LogP contribution in [0.25, 0.3) is 73.4 Å². The lowest BCUT2D eigenvalue weighted by Crippen LogP contribution is -2.35. The first-order valence-electron chi connectivity index (χ1n) is 27.6. The van der Waals surface area contributed by atoms with Crippen molar-refractivity contribution in [2.24, 2.45) is 0 Å². The highest BCUT2D eigenvalue weighted by Crippen LogP contribution is 2.55. The van der Waals surface area contributed by atoms with Crippen LogP contribution in [0.2, 0.25) is 0 Å². The zero-order valence-electron chi connectivity index (χ0n) is 43.3. The van der Waals surface area contributed by atoms with Crippen LogP contribution in [0.5, 0.6) is 0 Å². The Labute approximate surface area is 446 Å². The summed E-state index contributed by atoms with van der Waals surface area (Å²) in [6.45, 7) is 4.78. The second kappa shape index (κ2) is 17.7. The fourth-order valence-corrected chi connectivity index (χ4v) is 14.2. The van der Waals surface area contributed by atoms with Crippen LogP contribution in [-0.4, -0.2) is 10.6 Å². The second-order valence-electron chi connectivity index (χ2n) is 22.1. The molecular weight excluding hydrogens is 919 g/mol. The summed E-state index contributed by atoms with van der Waals surface area (Å²) in [5, 5.41) is 3.90. The molecule has 366 valence electrons. The molecule has 2 atom stereocenters. The molecule has 0 fully saturated rings. The van der Waals surface area contributed by atoms with Crippen molar-refractivity contribution in [2.45, 2.75) is 69.7 Å². The first kappa shape index (κ1) is 44.8. The maximum atomic E-state index is 2.64. The molecule has 0 spiro atoms. The summed E-state index contributed by atoms with van der Waals surface area (Å²) in [7, 11) is 0. The number of nitrogens with zero attached hydrogens (tertiary/aromatic N) is 3. The van der Waals surface area contributed by atoms with E-state index in [-0.39, 0.29) is 11.5 Å². The largest absolute Gasteiger partial charge is 0.333 e. The Morgan fingerprint density at radius 1 is 0.539 bits per heavy atom. The summed E-state index contributed by atoms with van der Waals surface area (Å²) in [6, 6.07) is 80.5. The van der Waals surface area contributed by atoms with E-state index in [9.17, 15) is 0 Å². The third-order valence-corrected chi connectivity index (χ3v) is 17.6. The van der Waals surface area contributed by atoms with Crippen molar-refractivity contribution in [1.82, 2.24) is 4.57 Å². The standard InChI is InChI=1S/C73H59N3/c1-73(2)63-35-15-11-32-61(63)71-64(73)36-21-41-70(71)76-68-39-18-14-31-59(68)62-47-49(42-43-69(62)76)50-44-51(46-52(45-50)57-33-20-34-60-58-30-13-17-38-67(58)75(72(57)60)54-26-7-4-8-27-54)56-29-12-16-37-65(56)74(53-24-5-3-6-25-53)66-40-19-23-48-22-9-10-28-55(48)66/h3-17,21-33,35-38,41-47,60,72H,18-20,34,39-40H2,1-2H3. The van der Waals surface area contributed by atoms with Crippen molar-refractivity contribution in [3.8, 4) is 39.1 Å². The fraction of sp³-hybridized carbons (Fsp3) is 0.151. The number of aromatic nitrogens is 1. The molecule has 4 aliphatic carbocycles. The number of hydrogen-bond donors (Lipinski definition) is 0. The zero-order chi connectivity index (χ0) is 50.5. The van der Waals surface area contributed by atoms with Crippen LogP contribution in [0.4, 0.5) is 22.7 Å². The predicted molar refractivity (Wildman–Crippen MR) is 319 cm³/mol. The Kier molecular flexibility index (Phi) is 10.5. The molecule has 0 N–H and O–H groups in total. The maximum Gasteiger partial charge on any atom is 0.0663 e. The number of rotatable bonds is 8. The Bertz CT molecular complexity index is 4170. The Morgan fingerprint density at radius 3 is 2.16 bits per heavy atom. The number of para-hydroxylation sites is 4. The molecule has 5 aliphatic rings. The van der Waals surface area contributed by atoms with Gasteiger partial charge in [-0.15, -0.1) is 0 Å². The van der Waals surface area contributed by atoms with E-state index >= 15 is 0 Å². The van der Waals surface area contributed by atoms with Crippen molar-refractivity contribution in [3.05, 3.63) is 268 Å². The van der Waals surface area contributed by atoms with E-state index in [0.717, 1.165) is 38.5 Å². The quantitative estimate of drug-likeness (QED) is 0.150. The van der Waals surface area contributed by atoms with Gasteiger partial charge < -0.3 is 14.4 Å². The highest BCUT2D eigenvalue weighted by molar-refractivity contribution is 6.00. The first-order valence-corrected chi connectivity index (χ1v) is 27.6. The van der Waals surface area contributed by atoms with E-state index in [0.29, 0.717) is 5.92 Å². The van der Waals surface area contributed by atoms with Crippen molar-refractivity contribution in [3.63, 3.8) is 0 Å². The number of hydrogen-bond acceptors (Lipinski definition) is 2. The van der Waals surface area contributed by atoms with E-state index in [1.165, 1.54) is 128 Å². The lowest BCUT2D eigenvalue weighted by molar-refractivity contribution is 0.585. The summed E-state index contributed by atoms with van der Waals surface area (Å²) in [5.41, 5.74) is 26.0. The molecule has 0 radical (unpaired) electrons. The van der Waals surface area contributed by atoms with Crippen molar-refractivity contribution >= 4 is 57.1 Å². The summed E-state index contributed by atoms with van der Waals surface area (Å²) >= 11 is 0. The van der Waals surface area contributed by atoms with Gasteiger partial charge in [0.15, 0.2) is 0 Å². The molecule has 76 heavy (non-hydrogen) atoms. The van der Waals surface area contributed by atoms with Crippen molar-refractivity contribution < 1.29 is 0 Å². The summed E-state index contributed by atoms with van der Waals surface area (Å²) in [5.74, 6) is 0.371. The first-order chi connectivity index (χ1) is 37.5. The van der Waals surface area contributed by atoms with Crippen molar-refractivity contribution in [1.29, 1.82) is 0 Å². The van der Waals surface area contributed by atoms with Crippen LogP contribution in [0.1, 0.15) is 85.4 Å². The fourth-order valence-electron chi connectivity index (χ4n) is 14.2. The van der Waals surface area contributed by atoms with Gasteiger partial charge in [0.2, 0.25) is 0 Å². The van der Waals surface area contributed by atoms with Gasteiger partial charge in [-0.2, -0.15) is 0 Å². The maximum absolute atomic E-state index is 2.64. The third kappa shape index (κ3) is 6.95. The minimum absolute atomic E-state index is 0.0805. The highest BCUT2D eigenvalue weighted by atomic mass is 15.2. The van der Waals surface area contributed by atoms with Crippen LogP contribution in [0.3, 0.4) is 0 Å². The van der Waals surface area contributed by atoms with Crippen molar-refractivity contribution in [2.75, 3.05) is 9.80 Å². The third-order valence-electron chi connectivity index (χ3n) is 17.6. The molecule has 15 rings (SSSR count). The number of fused-ring (bicyclic) bond motifs is 10. The number of benzene rings is 9. The molecule has 2 heterocycles. The van der Waals surface area contributed by atoms with Crippen LogP contribution in [-0.2, 0) is 11.8 Å². The monoisotopic (exact) mass is 977 g/mol. The lowest BCUT2D eigenvalue weighted by Gasteiger charge is -2.36. The highest BCUT2D eigenvalue weighted by Gasteiger charge is 2.43. The minimum Gasteiger partial charge on any atom is -0.333 e. The smallest absolute Gasteiger partial charge is 0.0663 e. The van der Waals surface area contributed by atoms with Gasteiger partial charge in [0, 0.05) is 67.1 Å².